The number of halogens is 2. The molecule has 0 saturated carbocycles. The quantitative estimate of drug-likeness (QED) is 0.693. The number of pyridine rings is 1. The van der Waals surface area contributed by atoms with E-state index < -0.39 is 0 Å². The van der Waals surface area contributed by atoms with Crippen molar-refractivity contribution in [3.05, 3.63) is 76.6 Å². The lowest BCUT2D eigenvalue weighted by Crippen LogP contribution is -2.17. The number of hydrogen-bond donors (Lipinski definition) is 1. The van der Waals surface area contributed by atoms with E-state index in [1.165, 1.54) is 12.1 Å². The monoisotopic (exact) mass is 344 g/mol. The first-order valence-corrected chi connectivity index (χ1v) is 8.13. The summed E-state index contributed by atoms with van der Waals surface area (Å²) in [4.78, 5) is 4.30. The van der Waals surface area contributed by atoms with E-state index in [0.717, 1.165) is 35.6 Å². The molecule has 3 aromatic rings. The predicted molar refractivity (Wildman–Crippen MR) is 92.9 cm³/mol. The van der Waals surface area contributed by atoms with Gasteiger partial charge in [0.1, 0.15) is 11.0 Å². The van der Waals surface area contributed by atoms with Crippen molar-refractivity contribution < 1.29 is 4.39 Å². The summed E-state index contributed by atoms with van der Waals surface area (Å²) in [6.45, 7) is 3.34. The van der Waals surface area contributed by atoms with Crippen LogP contribution < -0.4 is 5.32 Å². The van der Waals surface area contributed by atoms with Crippen LogP contribution in [0.1, 0.15) is 17.0 Å². The molecule has 3 rings (SSSR count). The molecule has 1 aromatic carbocycles. The van der Waals surface area contributed by atoms with Gasteiger partial charge in [-0.1, -0.05) is 17.7 Å². The summed E-state index contributed by atoms with van der Waals surface area (Å²) in [5.41, 5.74) is 3.59. The predicted octanol–water partition coefficient (Wildman–Crippen LogP) is 3.70. The van der Waals surface area contributed by atoms with Gasteiger partial charge in [0.25, 0.3) is 0 Å². The van der Waals surface area contributed by atoms with Crippen LogP contribution in [0.5, 0.6) is 0 Å². The van der Waals surface area contributed by atoms with E-state index in [1.54, 1.807) is 23.0 Å². The van der Waals surface area contributed by atoms with Crippen LogP contribution in [0.4, 0.5) is 4.39 Å². The molecule has 0 unspecified atom stereocenters. The Kier molecular flexibility index (Phi) is 5.23. The molecule has 0 spiro atoms. The zero-order chi connectivity index (χ0) is 16.9. The third kappa shape index (κ3) is 3.80. The highest BCUT2D eigenvalue weighted by molar-refractivity contribution is 6.30. The van der Waals surface area contributed by atoms with E-state index >= 15 is 0 Å². The van der Waals surface area contributed by atoms with Gasteiger partial charge in [0.15, 0.2) is 0 Å². The van der Waals surface area contributed by atoms with E-state index in [4.69, 9.17) is 11.6 Å². The second kappa shape index (κ2) is 7.55. The third-order valence-corrected chi connectivity index (χ3v) is 4.17. The fourth-order valence-corrected chi connectivity index (χ4v) is 2.80. The number of hydrogen-bond acceptors (Lipinski definition) is 3. The normalized spacial score (nSPS) is 11.0. The maximum Gasteiger partial charge on any atom is 0.137 e. The lowest BCUT2D eigenvalue weighted by Gasteiger charge is -2.06. The molecule has 0 aliphatic carbocycles. The number of aromatic nitrogens is 3. The molecule has 0 aliphatic heterocycles. The SMILES string of the molecule is Cc1nn(-c2ccc(F)cc2)c(Cl)c1CNCCc1ccccn1. The average Bonchev–Trinajstić information content (AvgIpc) is 2.88. The van der Waals surface area contributed by atoms with Gasteiger partial charge in [-0.05, 0) is 43.3 Å². The minimum absolute atomic E-state index is 0.282. The molecular weight excluding hydrogens is 327 g/mol. The van der Waals surface area contributed by atoms with Crippen LogP contribution in [-0.4, -0.2) is 21.3 Å². The highest BCUT2D eigenvalue weighted by Gasteiger charge is 2.14. The van der Waals surface area contributed by atoms with E-state index in [9.17, 15) is 4.39 Å². The van der Waals surface area contributed by atoms with E-state index in [0.29, 0.717) is 11.7 Å². The molecule has 0 atom stereocenters. The van der Waals surface area contributed by atoms with Crippen molar-refractivity contribution in [3.63, 3.8) is 0 Å². The van der Waals surface area contributed by atoms with Crippen LogP contribution in [0.25, 0.3) is 5.69 Å². The minimum Gasteiger partial charge on any atom is -0.312 e. The Morgan fingerprint density at radius 3 is 2.67 bits per heavy atom. The van der Waals surface area contributed by atoms with Gasteiger partial charge in [0.2, 0.25) is 0 Å². The second-order valence-corrected chi connectivity index (χ2v) is 5.85. The van der Waals surface area contributed by atoms with E-state index in [1.807, 2.05) is 25.1 Å². The zero-order valence-corrected chi connectivity index (χ0v) is 14.1. The lowest BCUT2D eigenvalue weighted by atomic mass is 10.2. The lowest BCUT2D eigenvalue weighted by molar-refractivity contribution is 0.627. The number of aryl methyl sites for hydroxylation is 1. The van der Waals surface area contributed by atoms with Gasteiger partial charge in [0, 0.05) is 37.0 Å². The second-order valence-electron chi connectivity index (χ2n) is 5.49. The summed E-state index contributed by atoms with van der Waals surface area (Å²) in [6, 6.07) is 12.0. The number of rotatable bonds is 6. The minimum atomic E-state index is -0.282. The van der Waals surface area contributed by atoms with Crippen molar-refractivity contribution in [2.24, 2.45) is 0 Å². The van der Waals surface area contributed by atoms with Crippen LogP contribution in [0.15, 0.2) is 48.7 Å². The Morgan fingerprint density at radius 1 is 1.17 bits per heavy atom. The van der Waals surface area contributed by atoms with Gasteiger partial charge in [-0.2, -0.15) is 5.10 Å². The Hall–Kier alpha value is -2.24. The van der Waals surface area contributed by atoms with Crippen LogP contribution >= 0.6 is 11.6 Å². The maximum absolute atomic E-state index is 13.1. The summed E-state index contributed by atoms with van der Waals surface area (Å²) in [7, 11) is 0. The summed E-state index contributed by atoms with van der Waals surface area (Å²) >= 11 is 6.45. The van der Waals surface area contributed by atoms with Crippen molar-refractivity contribution in [1.82, 2.24) is 20.1 Å². The average molecular weight is 345 g/mol. The molecule has 4 nitrogen and oxygen atoms in total. The first kappa shape index (κ1) is 16.6. The molecule has 0 aliphatic rings. The van der Waals surface area contributed by atoms with Crippen LogP contribution in [-0.2, 0) is 13.0 Å². The summed E-state index contributed by atoms with van der Waals surface area (Å²) in [5.74, 6) is -0.282. The van der Waals surface area contributed by atoms with Gasteiger partial charge in [-0.3, -0.25) is 4.98 Å². The van der Waals surface area contributed by atoms with Gasteiger partial charge in [0.05, 0.1) is 11.4 Å². The van der Waals surface area contributed by atoms with E-state index in [2.05, 4.69) is 15.4 Å². The molecule has 2 aromatic heterocycles. The smallest absolute Gasteiger partial charge is 0.137 e. The van der Waals surface area contributed by atoms with Crippen molar-refractivity contribution in [2.75, 3.05) is 6.54 Å². The Balaban J connectivity index is 1.65. The molecule has 1 N–H and O–H groups in total. The first-order valence-electron chi connectivity index (χ1n) is 7.75. The first-order chi connectivity index (χ1) is 11.6. The fourth-order valence-electron chi connectivity index (χ4n) is 2.46. The van der Waals surface area contributed by atoms with Crippen molar-refractivity contribution in [1.29, 1.82) is 0 Å². The van der Waals surface area contributed by atoms with Gasteiger partial charge in [-0.15, -0.1) is 0 Å². The van der Waals surface area contributed by atoms with Gasteiger partial charge >= 0.3 is 0 Å². The zero-order valence-electron chi connectivity index (χ0n) is 13.3. The molecular formula is C18H18ClFN4. The van der Waals surface area contributed by atoms with Crippen molar-refractivity contribution >= 4 is 11.6 Å². The van der Waals surface area contributed by atoms with Crippen LogP contribution in [0, 0.1) is 12.7 Å². The van der Waals surface area contributed by atoms with Gasteiger partial charge in [-0.25, -0.2) is 9.07 Å². The Morgan fingerprint density at radius 2 is 1.96 bits per heavy atom. The molecule has 124 valence electrons. The largest absolute Gasteiger partial charge is 0.312 e. The van der Waals surface area contributed by atoms with Gasteiger partial charge < -0.3 is 5.32 Å². The molecule has 0 bridgehead atoms. The van der Waals surface area contributed by atoms with E-state index in [-0.39, 0.29) is 5.82 Å². The standard InChI is InChI=1S/C18H18ClFN4/c1-13-17(12-21-11-9-15-4-2-3-10-22-15)18(19)24(23-13)16-7-5-14(20)6-8-16/h2-8,10,21H,9,11-12H2,1H3. The summed E-state index contributed by atoms with van der Waals surface area (Å²) in [5, 5.41) is 8.37. The van der Waals surface area contributed by atoms with Crippen molar-refractivity contribution in [2.45, 2.75) is 19.9 Å². The topological polar surface area (TPSA) is 42.7 Å². The Bertz CT molecular complexity index is 800. The van der Waals surface area contributed by atoms with Crippen molar-refractivity contribution in [3.8, 4) is 5.69 Å². The maximum atomic E-state index is 13.1. The van der Waals surface area contributed by atoms with Crippen LogP contribution in [0.2, 0.25) is 5.15 Å². The number of nitrogens with one attached hydrogen (secondary N) is 1. The molecule has 0 amide bonds. The highest BCUT2D eigenvalue weighted by atomic mass is 35.5. The number of nitrogens with zero attached hydrogens (tertiary/aromatic N) is 3. The molecule has 2 heterocycles. The third-order valence-electron chi connectivity index (χ3n) is 3.78. The van der Waals surface area contributed by atoms with Crippen LogP contribution in [0.3, 0.4) is 0 Å². The Labute approximate surface area is 145 Å². The summed E-state index contributed by atoms with van der Waals surface area (Å²) in [6.07, 6.45) is 2.65. The highest BCUT2D eigenvalue weighted by Crippen LogP contribution is 2.23. The molecule has 0 saturated heterocycles. The molecule has 24 heavy (non-hydrogen) atoms. The fraction of sp³-hybridized carbons (Fsp3) is 0.222. The molecule has 0 radical (unpaired) electrons. The molecule has 0 fully saturated rings. The number of benzene rings is 1. The molecule has 6 heteroatoms. The summed E-state index contributed by atoms with van der Waals surface area (Å²) < 4.78 is 14.7.